The van der Waals surface area contributed by atoms with Gasteiger partial charge in [-0.25, -0.2) is 0 Å². The lowest BCUT2D eigenvalue weighted by molar-refractivity contribution is 0.174. The molecule has 1 aliphatic heterocycles. The van der Waals surface area contributed by atoms with Crippen LogP contribution in [0, 0.1) is 11.3 Å². The van der Waals surface area contributed by atoms with Crippen LogP contribution in [0.4, 0.5) is 0 Å². The van der Waals surface area contributed by atoms with Crippen LogP contribution < -0.4 is 15.2 Å². The Balaban J connectivity index is 2.48. The number of ether oxygens (including phenoxy) is 2. The van der Waals surface area contributed by atoms with Crippen LogP contribution in [0.5, 0.6) is 11.5 Å². The number of fused-ring (bicyclic) bond motifs is 1. The summed E-state index contributed by atoms with van der Waals surface area (Å²) in [7, 11) is 0. The van der Waals surface area contributed by atoms with Crippen LogP contribution in [0.25, 0.3) is 0 Å². The standard InChI is InChI=1S/C9H7BrN2O2/c10-6-2-9-8(13-4-14-9)1-5(6)7(12)3-11/h1-2,7H,4,12H2/t7-/m0/s1. The number of nitrogens with two attached hydrogens (primary N) is 1. The van der Waals surface area contributed by atoms with Crippen molar-refractivity contribution in [2.75, 3.05) is 6.79 Å². The summed E-state index contributed by atoms with van der Waals surface area (Å²) in [4.78, 5) is 0. The van der Waals surface area contributed by atoms with Gasteiger partial charge in [0.1, 0.15) is 6.04 Å². The molecule has 0 spiro atoms. The van der Waals surface area contributed by atoms with Crippen molar-refractivity contribution in [2.24, 2.45) is 5.73 Å². The normalized spacial score (nSPS) is 14.9. The molecule has 0 amide bonds. The van der Waals surface area contributed by atoms with Crippen LogP contribution in [0.15, 0.2) is 16.6 Å². The van der Waals surface area contributed by atoms with Gasteiger partial charge in [-0.15, -0.1) is 0 Å². The van der Waals surface area contributed by atoms with Gasteiger partial charge in [0.25, 0.3) is 0 Å². The van der Waals surface area contributed by atoms with Crippen molar-refractivity contribution < 1.29 is 9.47 Å². The van der Waals surface area contributed by atoms with E-state index in [0.29, 0.717) is 17.1 Å². The highest BCUT2D eigenvalue weighted by Gasteiger charge is 2.18. The van der Waals surface area contributed by atoms with E-state index in [0.717, 1.165) is 4.47 Å². The zero-order valence-electron chi connectivity index (χ0n) is 7.16. The van der Waals surface area contributed by atoms with Crippen LogP contribution >= 0.6 is 15.9 Å². The number of hydrogen-bond acceptors (Lipinski definition) is 4. The van der Waals surface area contributed by atoms with E-state index in [1.165, 1.54) is 0 Å². The van der Waals surface area contributed by atoms with Gasteiger partial charge in [0, 0.05) is 10.0 Å². The highest BCUT2D eigenvalue weighted by Crippen LogP contribution is 2.38. The molecule has 0 bridgehead atoms. The Hall–Kier alpha value is -1.25. The van der Waals surface area contributed by atoms with Gasteiger partial charge in [0.15, 0.2) is 11.5 Å². The molecule has 1 heterocycles. The van der Waals surface area contributed by atoms with E-state index in [9.17, 15) is 0 Å². The van der Waals surface area contributed by atoms with Crippen LogP contribution in [0.3, 0.4) is 0 Å². The fourth-order valence-corrected chi connectivity index (χ4v) is 1.81. The molecule has 72 valence electrons. The van der Waals surface area contributed by atoms with Crippen LogP contribution in [0.1, 0.15) is 11.6 Å². The summed E-state index contributed by atoms with van der Waals surface area (Å²) in [6.07, 6.45) is 0. The Morgan fingerprint density at radius 1 is 1.43 bits per heavy atom. The Kier molecular flexibility index (Phi) is 2.32. The summed E-state index contributed by atoms with van der Waals surface area (Å²) in [6, 6.07) is 4.79. The van der Waals surface area contributed by atoms with Gasteiger partial charge in [-0.2, -0.15) is 5.26 Å². The summed E-state index contributed by atoms with van der Waals surface area (Å²) >= 11 is 3.32. The van der Waals surface area contributed by atoms with Crippen molar-refractivity contribution in [1.29, 1.82) is 5.26 Å². The molecule has 14 heavy (non-hydrogen) atoms. The lowest BCUT2D eigenvalue weighted by atomic mass is 10.1. The summed E-state index contributed by atoms with van der Waals surface area (Å²) in [5.74, 6) is 1.31. The second kappa shape index (κ2) is 3.48. The largest absolute Gasteiger partial charge is 0.454 e. The van der Waals surface area contributed by atoms with Crippen LogP contribution in [0.2, 0.25) is 0 Å². The minimum absolute atomic E-state index is 0.215. The van der Waals surface area contributed by atoms with Crippen molar-refractivity contribution in [3.63, 3.8) is 0 Å². The maximum atomic E-state index is 8.69. The summed E-state index contributed by atoms with van der Waals surface area (Å²) in [5, 5.41) is 8.69. The fraction of sp³-hybridized carbons (Fsp3) is 0.222. The van der Waals surface area contributed by atoms with E-state index in [1.807, 2.05) is 6.07 Å². The number of hydrogen-bond donors (Lipinski definition) is 1. The SMILES string of the molecule is N#C[C@H](N)c1cc2c(cc1Br)OCO2. The van der Waals surface area contributed by atoms with E-state index in [2.05, 4.69) is 15.9 Å². The molecule has 5 heteroatoms. The quantitative estimate of drug-likeness (QED) is 0.829. The minimum atomic E-state index is -0.654. The maximum Gasteiger partial charge on any atom is 0.231 e. The van der Waals surface area contributed by atoms with Gasteiger partial charge in [0.05, 0.1) is 6.07 Å². The summed E-state index contributed by atoms with van der Waals surface area (Å²) < 4.78 is 11.1. The molecule has 0 radical (unpaired) electrons. The molecule has 1 aromatic rings. The van der Waals surface area contributed by atoms with E-state index < -0.39 is 6.04 Å². The molecule has 4 nitrogen and oxygen atoms in total. The predicted molar refractivity (Wildman–Crippen MR) is 52.8 cm³/mol. The third kappa shape index (κ3) is 1.43. The van der Waals surface area contributed by atoms with E-state index in [1.54, 1.807) is 12.1 Å². The smallest absolute Gasteiger partial charge is 0.231 e. The van der Waals surface area contributed by atoms with Crippen molar-refractivity contribution in [3.05, 3.63) is 22.2 Å². The molecule has 1 aromatic carbocycles. The van der Waals surface area contributed by atoms with Gasteiger partial charge < -0.3 is 15.2 Å². The number of halogens is 1. The first-order valence-corrected chi connectivity index (χ1v) is 4.76. The number of rotatable bonds is 1. The average Bonchev–Trinajstić information content (AvgIpc) is 2.62. The first-order chi connectivity index (χ1) is 6.72. The lowest BCUT2D eigenvalue weighted by Gasteiger charge is -2.07. The summed E-state index contributed by atoms with van der Waals surface area (Å²) in [6.45, 7) is 0.215. The van der Waals surface area contributed by atoms with E-state index >= 15 is 0 Å². The molecule has 0 fully saturated rings. The highest BCUT2D eigenvalue weighted by atomic mass is 79.9. The molecular weight excluding hydrogens is 248 g/mol. The van der Waals surface area contributed by atoms with Crippen molar-refractivity contribution in [2.45, 2.75) is 6.04 Å². The Morgan fingerprint density at radius 2 is 2.07 bits per heavy atom. The third-order valence-corrected chi connectivity index (χ3v) is 2.65. The molecule has 0 unspecified atom stereocenters. The average molecular weight is 255 g/mol. The molecular formula is C9H7BrN2O2. The van der Waals surface area contributed by atoms with E-state index in [-0.39, 0.29) is 6.79 Å². The number of nitriles is 1. The monoisotopic (exact) mass is 254 g/mol. The van der Waals surface area contributed by atoms with E-state index in [4.69, 9.17) is 20.5 Å². The third-order valence-electron chi connectivity index (χ3n) is 1.97. The molecule has 2 N–H and O–H groups in total. The first-order valence-electron chi connectivity index (χ1n) is 3.96. The Labute approximate surface area is 89.3 Å². The minimum Gasteiger partial charge on any atom is -0.454 e. The Bertz CT molecular complexity index is 414. The topological polar surface area (TPSA) is 68.3 Å². The first kappa shape index (κ1) is 9.31. The van der Waals surface area contributed by atoms with Gasteiger partial charge in [-0.05, 0) is 12.1 Å². The molecule has 2 rings (SSSR count). The second-order valence-corrected chi connectivity index (χ2v) is 3.69. The van der Waals surface area contributed by atoms with Crippen LogP contribution in [-0.4, -0.2) is 6.79 Å². The Morgan fingerprint density at radius 3 is 2.71 bits per heavy atom. The van der Waals surface area contributed by atoms with Crippen LogP contribution in [-0.2, 0) is 0 Å². The predicted octanol–water partition coefficient (Wildman–Crippen LogP) is 1.70. The number of nitrogens with zero attached hydrogens (tertiary/aromatic N) is 1. The van der Waals surface area contributed by atoms with Gasteiger partial charge in [0.2, 0.25) is 6.79 Å². The van der Waals surface area contributed by atoms with Crippen molar-refractivity contribution in [3.8, 4) is 17.6 Å². The lowest BCUT2D eigenvalue weighted by Crippen LogP contribution is -2.07. The van der Waals surface area contributed by atoms with Gasteiger partial charge in [-0.1, -0.05) is 15.9 Å². The van der Waals surface area contributed by atoms with Gasteiger partial charge >= 0.3 is 0 Å². The van der Waals surface area contributed by atoms with Crippen molar-refractivity contribution in [1.82, 2.24) is 0 Å². The maximum absolute atomic E-state index is 8.69. The molecule has 0 saturated heterocycles. The zero-order valence-corrected chi connectivity index (χ0v) is 8.74. The molecule has 0 aliphatic carbocycles. The van der Waals surface area contributed by atoms with Gasteiger partial charge in [-0.3, -0.25) is 0 Å². The fourth-order valence-electron chi connectivity index (χ4n) is 1.24. The summed E-state index contributed by atoms with van der Waals surface area (Å²) in [5.41, 5.74) is 6.31. The number of benzene rings is 1. The molecule has 0 saturated carbocycles. The zero-order chi connectivity index (χ0) is 10.1. The molecule has 1 atom stereocenters. The van der Waals surface area contributed by atoms with Crippen molar-refractivity contribution >= 4 is 15.9 Å². The highest BCUT2D eigenvalue weighted by molar-refractivity contribution is 9.10. The molecule has 0 aromatic heterocycles. The second-order valence-electron chi connectivity index (χ2n) is 2.83. The molecule has 1 aliphatic rings.